The number of likely N-dealkylation sites (tertiary alicyclic amines) is 1. The van der Waals surface area contributed by atoms with E-state index in [1.165, 1.54) is 19.4 Å². The smallest absolute Gasteiger partial charge is 0.00926 e. The summed E-state index contributed by atoms with van der Waals surface area (Å²) in [5.41, 5.74) is 0. The van der Waals surface area contributed by atoms with Crippen LogP contribution in [0.3, 0.4) is 0 Å². The molecule has 0 bridgehead atoms. The van der Waals surface area contributed by atoms with Crippen LogP contribution >= 0.6 is 0 Å². The van der Waals surface area contributed by atoms with Crippen molar-refractivity contribution in [2.24, 2.45) is 0 Å². The van der Waals surface area contributed by atoms with Gasteiger partial charge in [0.15, 0.2) is 0 Å². The summed E-state index contributed by atoms with van der Waals surface area (Å²) in [6.45, 7) is 5.15. The van der Waals surface area contributed by atoms with Crippen molar-refractivity contribution in [3.05, 3.63) is 6.92 Å². The first-order valence-electron chi connectivity index (χ1n) is 3.34. The van der Waals surface area contributed by atoms with E-state index in [0.29, 0.717) is 0 Å². The van der Waals surface area contributed by atoms with Crippen molar-refractivity contribution in [3.8, 4) is 0 Å². The highest BCUT2D eigenvalue weighted by Crippen LogP contribution is 2.16. The molecule has 0 aromatic carbocycles. The van der Waals surface area contributed by atoms with E-state index in [1.54, 1.807) is 0 Å². The van der Waals surface area contributed by atoms with Gasteiger partial charge in [-0.1, -0.05) is 6.92 Å². The molecular formula is C7H14N. The van der Waals surface area contributed by atoms with Gasteiger partial charge in [-0.2, -0.15) is 0 Å². The maximum Gasteiger partial charge on any atom is 0.00926 e. The maximum absolute atomic E-state index is 3.88. The monoisotopic (exact) mass is 112 g/mol. The number of nitrogens with zero attached hydrogens (tertiary/aromatic N) is 1. The van der Waals surface area contributed by atoms with Crippen LogP contribution in [0.4, 0.5) is 0 Å². The minimum Gasteiger partial charge on any atom is -0.303 e. The van der Waals surface area contributed by atoms with Crippen molar-refractivity contribution in [1.29, 1.82) is 0 Å². The molecule has 1 aliphatic heterocycles. The summed E-state index contributed by atoms with van der Waals surface area (Å²) in [5.74, 6) is 0. The lowest BCUT2D eigenvalue weighted by Crippen LogP contribution is -2.23. The molecule has 1 rings (SSSR count). The van der Waals surface area contributed by atoms with Crippen LogP contribution in [0.25, 0.3) is 0 Å². The fraction of sp³-hybridized carbons (Fsp3) is 0.857. The van der Waals surface area contributed by atoms with Gasteiger partial charge in [0.25, 0.3) is 0 Å². The van der Waals surface area contributed by atoms with Crippen molar-refractivity contribution < 1.29 is 0 Å². The Bertz CT molecular complexity index is 70.8. The van der Waals surface area contributed by atoms with Gasteiger partial charge in [-0.3, -0.25) is 0 Å². The fourth-order valence-corrected chi connectivity index (χ4v) is 1.34. The third kappa shape index (κ3) is 1.03. The second-order valence-corrected chi connectivity index (χ2v) is 2.57. The summed E-state index contributed by atoms with van der Waals surface area (Å²) < 4.78 is 0. The van der Waals surface area contributed by atoms with Crippen molar-refractivity contribution in [2.75, 3.05) is 13.6 Å². The molecular weight excluding hydrogens is 98.1 g/mol. The van der Waals surface area contributed by atoms with Crippen LogP contribution in [-0.2, 0) is 0 Å². The molecule has 0 saturated carbocycles. The Balaban J connectivity index is 2.30. The van der Waals surface area contributed by atoms with Crippen molar-refractivity contribution in [3.63, 3.8) is 0 Å². The standard InChI is InChI=1S/C7H14N/c1-3-7-5-4-6-8(7)2/h7H,1,3-6H2,2H3. The zero-order valence-electron chi connectivity index (χ0n) is 5.56. The summed E-state index contributed by atoms with van der Waals surface area (Å²) in [5, 5.41) is 0. The van der Waals surface area contributed by atoms with Crippen molar-refractivity contribution >= 4 is 0 Å². The first-order valence-corrected chi connectivity index (χ1v) is 3.34. The maximum atomic E-state index is 3.88. The molecule has 0 aromatic heterocycles. The van der Waals surface area contributed by atoms with Gasteiger partial charge in [0.1, 0.15) is 0 Å². The van der Waals surface area contributed by atoms with Crippen LogP contribution in [0, 0.1) is 6.92 Å². The summed E-state index contributed by atoms with van der Waals surface area (Å²) in [6, 6.07) is 0.787. The van der Waals surface area contributed by atoms with Gasteiger partial charge in [-0.05, 0) is 32.9 Å². The van der Waals surface area contributed by atoms with Crippen molar-refractivity contribution in [2.45, 2.75) is 25.3 Å². The molecule has 0 amide bonds. The van der Waals surface area contributed by atoms with Gasteiger partial charge < -0.3 is 4.90 Å². The van der Waals surface area contributed by atoms with Gasteiger partial charge in [-0.15, -0.1) is 0 Å². The van der Waals surface area contributed by atoms with Crippen LogP contribution in [0.15, 0.2) is 0 Å². The minimum atomic E-state index is 0.787. The topological polar surface area (TPSA) is 3.24 Å². The predicted molar refractivity (Wildman–Crippen MR) is 35.6 cm³/mol. The number of hydrogen-bond acceptors (Lipinski definition) is 1. The van der Waals surface area contributed by atoms with Gasteiger partial charge in [-0.25, -0.2) is 0 Å². The molecule has 8 heavy (non-hydrogen) atoms. The van der Waals surface area contributed by atoms with E-state index >= 15 is 0 Å². The lowest BCUT2D eigenvalue weighted by molar-refractivity contribution is 0.312. The zero-order chi connectivity index (χ0) is 5.98. The average Bonchev–Trinajstić information content (AvgIpc) is 2.14. The van der Waals surface area contributed by atoms with Gasteiger partial charge in [0, 0.05) is 6.04 Å². The molecule has 1 radical (unpaired) electrons. The van der Waals surface area contributed by atoms with Gasteiger partial charge >= 0.3 is 0 Å². The predicted octanol–water partition coefficient (Wildman–Crippen LogP) is 1.30. The second-order valence-electron chi connectivity index (χ2n) is 2.57. The van der Waals surface area contributed by atoms with Crippen LogP contribution in [-0.4, -0.2) is 24.5 Å². The Morgan fingerprint density at radius 1 is 1.75 bits per heavy atom. The van der Waals surface area contributed by atoms with Crippen LogP contribution in [0.1, 0.15) is 19.3 Å². The lowest BCUT2D eigenvalue weighted by atomic mass is 10.2. The molecule has 0 spiro atoms. The Morgan fingerprint density at radius 3 is 2.75 bits per heavy atom. The highest BCUT2D eigenvalue weighted by molar-refractivity contribution is 4.76. The SMILES string of the molecule is [CH2]CC1CCCN1C. The third-order valence-corrected chi connectivity index (χ3v) is 2.00. The summed E-state index contributed by atoms with van der Waals surface area (Å²) in [6.07, 6.45) is 3.81. The van der Waals surface area contributed by atoms with E-state index in [0.717, 1.165) is 12.5 Å². The summed E-state index contributed by atoms with van der Waals surface area (Å²) >= 11 is 0. The first kappa shape index (κ1) is 6.09. The van der Waals surface area contributed by atoms with Crippen LogP contribution in [0.2, 0.25) is 0 Å². The van der Waals surface area contributed by atoms with E-state index in [2.05, 4.69) is 18.9 Å². The van der Waals surface area contributed by atoms with Crippen molar-refractivity contribution in [1.82, 2.24) is 4.90 Å². The van der Waals surface area contributed by atoms with E-state index in [9.17, 15) is 0 Å². The molecule has 0 N–H and O–H groups in total. The fourth-order valence-electron chi connectivity index (χ4n) is 1.34. The molecule has 47 valence electrons. The number of hydrogen-bond donors (Lipinski definition) is 0. The average molecular weight is 112 g/mol. The quantitative estimate of drug-likeness (QED) is 0.494. The van der Waals surface area contributed by atoms with E-state index < -0.39 is 0 Å². The summed E-state index contributed by atoms with van der Waals surface area (Å²) in [4.78, 5) is 2.40. The Morgan fingerprint density at radius 2 is 2.50 bits per heavy atom. The van der Waals surface area contributed by atoms with E-state index in [1.807, 2.05) is 0 Å². The molecule has 1 heteroatoms. The molecule has 1 atom stereocenters. The minimum absolute atomic E-state index is 0.787. The number of rotatable bonds is 1. The molecule has 1 heterocycles. The highest BCUT2D eigenvalue weighted by Gasteiger charge is 2.17. The molecule has 1 saturated heterocycles. The summed E-state index contributed by atoms with van der Waals surface area (Å²) in [7, 11) is 2.18. The normalized spacial score (nSPS) is 31.5. The lowest BCUT2D eigenvalue weighted by Gasteiger charge is -2.16. The molecule has 0 aromatic rings. The van der Waals surface area contributed by atoms with E-state index in [4.69, 9.17) is 0 Å². The molecule has 1 fully saturated rings. The van der Waals surface area contributed by atoms with Gasteiger partial charge in [0.2, 0.25) is 0 Å². The third-order valence-electron chi connectivity index (χ3n) is 2.00. The molecule has 1 unspecified atom stereocenters. The highest BCUT2D eigenvalue weighted by atomic mass is 15.1. The Labute approximate surface area is 51.7 Å². The molecule has 1 nitrogen and oxygen atoms in total. The van der Waals surface area contributed by atoms with Gasteiger partial charge in [0.05, 0.1) is 0 Å². The Hall–Kier alpha value is -0.0400. The Kier molecular flexibility index (Phi) is 1.90. The van der Waals surface area contributed by atoms with E-state index in [-0.39, 0.29) is 0 Å². The largest absolute Gasteiger partial charge is 0.303 e. The molecule has 1 aliphatic rings. The molecule has 0 aliphatic carbocycles. The second kappa shape index (κ2) is 2.49. The first-order chi connectivity index (χ1) is 3.84. The van der Waals surface area contributed by atoms with Crippen LogP contribution < -0.4 is 0 Å². The zero-order valence-corrected chi connectivity index (χ0v) is 5.56. The van der Waals surface area contributed by atoms with Crippen LogP contribution in [0.5, 0.6) is 0 Å².